The lowest BCUT2D eigenvalue weighted by atomic mass is 9.86. The zero-order valence-corrected chi connectivity index (χ0v) is 12.9. The molecule has 1 aliphatic rings. The predicted molar refractivity (Wildman–Crippen MR) is 83.0 cm³/mol. The Morgan fingerprint density at radius 2 is 1.06 bits per heavy atom. The van der Waals surface area contributed by atoms with E-state index in [9.17, 15) is 0 Å². The van der Waals surface area contributed by atoms with E-state index in [1.54, 1.807) is 0 Å². The maximum absolute atomic E-state index is 2.30. The Kier molecular flexibility index (Phi) is 9.34. The molecule has 0 aromatic carbocycles. The van der Waals surface area contributed by atoms with E-state index < -0.39 is 0 Å². The molecule has 0 spiro atoms. The van der Waals surface area contributed by atoms with Crippen LogP contribution in [-0.2, 0) is 0 Å². The summed E-state index contributed by atoms with van der Waals surface area (Å²) in [6, 6.07) is 0. The molecule has 0 heteroatoms. The van der Waals surface area contributed by atoms with Crippen LogP contribution in [0.15, 0.2) is 11.1 Å². The number of unbranched alkanes of at least 4 members (excludes halogenated alkanes) is 6. The second kappa shape index (κ2) is 10.6. The van der Waals surface area contributed by atoms with Crippen LogP contribution in [-0.4, -0.2) is 0 Å². The first-order chi connectivity index (χ1) is 8.88. The lowest BCUT2D eigenvalue weighted by Crippen LogP contribution is -2.01. The van der Waals surface area contributed by atoms with E-state index in [0.717, 1.165) is 0 Å². The molecule has 0 bridgehead atoms. The Hall–Kier alpha value is -0.260. The van der Waals surface area contributed by atoms with Gasteiger partial charge in [0, 0.05) is 0 Å². The van der Waals surface area contributed by atoms with Gasteiger partial charge in [0.15, 0.2) is 0 Å². The molecular formula is C18H34. The van der Waals surface area contributed by atoms with Crippen molar-refractivity contribution in [2.24, 2.45) is 0 Å². The van der Waals surface area contributed by atoms with Gasteiger partial charge in [-0.1, -0.05) is 63.5 Å². The van der Waals surface area contributed by atoms with Gasteiger partial charge < -0.3 is 0 Å². The molecule has 0 unspecified atom stereocenters. The minimum absolute atomic E-state index is 1.36. The van der Waals surface area contributed by atoms with Gasteiger partial charge in [0.05, 0.1) is 0 Å². The first kappa shape index (κ1) is 15.8. The van der Waals surface area contributed by atoms with Gasteiger partial charge in [0.1, 0.15) is 0 Å². The first-order valence-electron chi connectivity index (χ1n) is 8.58. The fraction of sp³-hybridized carbons (Fsp3) is 0.889. The molecule has 0 aromatic rings. The van der Waals surface area contributed by atoms with Crippen molar-refractivity contribution in [1.82, 2.24) is 0 Å². The van der Waals surface area contributed by atoms with E-state index in [1.807, 2.05) is 11.1 Å². The summed E-state index contributed by atoms with van der Waals surface area (Å²) in [4.78, 5) is 0. The van der Waals surface area contributed by atoms with Crippen LogP contribution in [0.4, 0.5) is 0 Å². The molecule has 0 aliphatic heterocycles. The van der Waals surface area contributed by atoms with Gasteiger partial charge in [-0.2, -0.15) is 0 Å². The van der Waals surface area contributed by atoms with Crippen LogP contribution in [0.25, 0.3) is 0 Å². The molecule has 0 atom stereocenters. The highest BCUT2D eigenvalue weighted by atomic mass is 14.2. The van der Waals surface area contributed by atoms with Gasteiger partial charge in [-0.3, -0.25) is 0 Å². The lowest BCUT2D eigenvalue weighted by Gasteiger charge is -2.20. The molecule has 106 valence electrons. The topological polar surface area (TPSA) is 0 Å². The average Bonchev–Trinajstić information content (AvgIpc) is 2.41. The molecule has 0 saturated carbocycles. The minimum atomic E-state index is 1.36. The molecular weight excluding hydrogens is 216 g/mol. The fourth-order valence-corrected chi connectivity index (χ4v) is 3.16. The normalized spacial score (nSPS) is 16.3. The third-order valence-electron chi connectivity index (χ3n) is 4.37. The molecule has 0 N–H and O–H groups in total. The van der Waals surface area contributed by atoms with Crippen LogP contribution in [0.1, 0.15) is 104 Å². The number of rotatable bonds is 10. The van der Waals surface area contributed by atoms with Gasteiger partial charge in [0.2, 0.25) is 0 Å². The van der Waals surface area contributed by atoms with E-state index in [4.69, 9.17) is 0 Å². The van der Waals surface area contributed by atoms with E-state index in [2.05, 4.69) is 13.8 Å². The van der Waals surface area contributed by atoms with Crippen molar-refractivity contribution < 1.29 is 0 Å². The van der Waals surface area contributed by atoms with Crippen LogP contribution >= 0.6 is 0 Å². The summed E-state index contributed by atoms with van der Waals surface area (Å²) in [5.41, 5.74) is 3.74. The third-order valence-corrected chi connectivity index (χ3v) is 4.37. The predicted octanol–water partition coefficient (Wildman–Crippen LogP) is 6.80. The molecule has 0 amide bonds. The maximum Gasteiger partial charge on any atom is -0.0318 e. The van der Waals surface area contributed by atoms with Gasteiger partial charge in [0.25, 0.3) is 0 Å². The van der Waals surface area contributed by atoms with Crippen LogP contribution in [0.2, 0.25) is 0 Å². The smallest absolute Gasteiger partial charge is 0.0318 e. The summed E-state index contributed by atoms with van der Waals surface area (Å²) in [5, 5.41) is 0. The summed E-state index contributed by atoms with van der Waals surface area (Å²) in [6.07, 6.45) is 20.0. The average molecular weight is 250 g/mol. The van der Waals surface area contributed by atoms with Gasteiger partial charge >= 0.3 is 0 Å². The summed E-state index contributed by atoms with van der Waals surface area (Å²) in [5.74, 6) is 0. The van der Waals surface area contributed by atoms with E-state index >= 15 is 0 Å². The fourth-order valence-electron chi connectivity index (χ4n) is 3.16. The van der Waals surface area contributed by atoms with Crippen molar-refractivity contribution in [3.63, 3.8) is 0 Å². The number of allylic oxidation sites excluding steroid dienone is 2. The quantitative estimate of drug-likeness (QED) is 0.295. The van der Waals surface area contributed by atoms with Crippen molar-refractivity contribution >= 4 is 0 Å². The molecule has 0 heterocycles. The zero-order chi connectivity index (χ0) is 13.1. The minimum Gasteiger partial charge on any atom is -0.0710 e. The standard InChI is InChI=1S/C18H34/c1-3-5-7-9-13-17-15-11-12-16-18(17)14-10-8-6-4-2/h3-16H2,1-2H3. The molecule has 0 aromatic heterocycles. The van der Waals surface area contributed by atoms with Crippen molar-refractivity contribution in [3.8, 4) is 0 Å². The van der Waals surface area contributed by atoms with Crippen LogP contribution in [0, 0.1) is 0 Å². The van der Waals surface area contributed by atoms with Crippen LogP contribution in [0.3, 0.4) is 0 Å². The maximum atomic E-state index is 2.30. The van der Waals surface area contributed by atoms with Gasteiger partial charge in [-0.05, 0) is 51.4 Å². The second-order valence-corrected chi connectivity index (χ2v) is 6.04. The van der Waals surface area contributed by atoms with Crippen molar-refractivity contribution in [2.45, 2.75) is 104 Å². The first-order valence-corrected chi connectivity index (χ1v) is 8.58. The van der Waals surface area contributed by atoms with E-state index in [0.29, 0.717) is 0 Å². The number of hydrogen-bond donors (Lipinski definition) is 0. The molecule has 0 saturated heterocycles. The molecule has 1 aliphatic carbocycles. The highest BCUT2D eigenvalue weighted by Gasteiger charge is 2.11. The van der Waals surface area contributed by atoms with Crippen molar-refractivity contribution in [1.29, 1.82) is 0 Å². The molecule has 18 heavy (non-hydrogen) atoms. The van der Waals surface area contributed by atoms with E-state index in [-0.39, 0.29) is 0 Å². The summed E-state index contributed by atoms with van der Waals surface area (Å²) in [6.45, 7) is 4.61. The highest BCUT2D eigenvalue weighted by molar-refractivity contribution is 5.17. The van der Waals surface area contributed by atoms with Crippen LogP contribution in [0.5, 0.6) is 0 Å². The Morgan fingerprint density at radius 3 is 1.44 bits per heavy atom. The van der Waals surface area contributed by atoms with Crippen molar-refractivity contribution in [3.05, 3.63) is 11.1 Å². The molecule has 0 nitrogen and oxygen atoms in total. The Bertz CT molecular complexity index is 200. The molecule has 1 rings (SSSR count). The SMILES string of the molecule is CCCCCCC1=C(CCCCCC)CCCC1. The number of hydrogen-bond acceptors (Lipinski definition) is 0. The Labute approximate surface area is 115 Å². The van der Waals surface area contributed by atoms with Crippen LogP contribution < -0.4 is 0 Å². The monoisotopic (exact) mass is 250 g/mol. The van der Waals surface area contributed by atoms with Gasteiger partial charge in [-0.25, -0.2) is 0 Å². The molecule has 0 fully saturated rings. The van der Waals surface area contributed by atoms with Gasteiger partial charge in [-0.15, -0.1) is 0 Å². The highest BCUT2D eigenvalue weighted by Crippen LogP contribution is 2.31. The van der Waals surface area contributed by atoms with Crippen molar-refractivity contribution in [2.75, 3.05) is 0 Å². The second-order valence-electron chi connectivity index (χ2n) is 6.04. The summed E-state index contributed by atoms with van der Waals surface area (Å²) in [7, 11) is 0. The largest absolute Gasteiger partial charge is 0.0710 e. The van der Waals surface area contributed by atoms with E-state index in [1.165, 1.54) is 89.9 Å². The molecule has 0 radical (unpaired) electrons. The summed E-state index contributed by atoms with van der Waals surface area (Å²) < 4.78 is 0. The Balaban J connectivity index is 2.29. The Morgan fingerprint density at radius 1 is 0.611 bits per heavy atom. The lowest BCUT2D eigenvalue weighted by molar-refractivity contribution is 0.577. The third kappa shape index (κ3) is 6.61. The summed E-state index contributed by atoms with van der Waals surface area (Å²) >= 11 is 0. The zero-order valence-electron chi connectivity index (χ0n) is 12.9.